The van der Waals surface area contributed by atoms with Gasteiger partial charge in [-0.25, -0.2) is 22.0 Å². The van der Waals surface area contributed by atoms with Crippen LogP contribution in [0.3, 0.4) is 0 Å². The van der Waals surface area contributed by atoms with Gasteiger partial charge in [0.05, 0.1) is 17.3 Å². The predicted molar refractivity (Wildman–Crippen MR) is 223 cm³/mol. The number of hydrogen-bond donors (Lipinski definition) is 1. The van der Waals surface area contributed by atoms with Crippen LogP contribution in [-0.4, -0.2) is 143 Å². The summed E-state index contributed by atoms with van der Waals surface area (Å²) < 4.78 is 62.1. The lowest BCUT2D eigenvalue weighted by molar-refractivity contribution is -0.124. The maximum atomic E-state index is 15.1. The minimum atomic E-state index is -3.74. The summed E-state index contributed by atoms with van der Waals surface area (Å²) in [5.41, 5.74) is 2.41. The molecule has 0 radical (unpaired) electrons. The zero-order valence-corrected chi connectivity index (χ0v) is 35.4. The predicted octanol–water partition coefficient (Wildman–Crippen LogP) is 4.69. The van der Waals surface area contributed by atoms with Crippen LogP contribution in [0.15, 0.2) is 47.4 Å². The molecule has 14 heteroatoms. The number of benzene rings is 2. The SMILES string of the molecule is CC#CC(=O)N1CC[C@@H](S(=O)(=O)c2ccc(N3CC(CN4CCC([C@@](CN5CCC5)(c5cccc(F)c5)[C@H]5CCC[C@@H]5NC(=O)OC)CC4)C3)cc2CN2CC(F)C2)C1. The van der Waals surface area contributed by atoms with E-state index in [4.69, 9.17) is 4.74 Å². The van der Waals surface area contributed by atoms with Gasteiger partial charge in [-0.15, -0.1) is 0 Å². The summed E-state index contributed by atoms with van der Waals surface area (Å²) in [6.07, 6.45) is 5.11. The Morgan fingerprint density at radius 1 is 0.898 bits per heavy atom. The minimum absolute atomic E-state index is 0.0307. The van der Waals surface area contributed by atoms with Crippen molar-refractivity contribution in [3.63, 3.8) is 0 Å². The molecule has 1 aliphatic carbocycles. The lowest BCUT2D eigenvalue weighted by Crippen LogP contribution is -2.60. The topological polar surface area (TPSA) is 106 Å². The summed E-state index contributed by atoms with van der Waals surface area (Å²) in [6, 6.07) is 12.8. The smallest absolute Gasteiger partial charge is 0.407 e. The average molecular weight is 835 g/mol. The Morgan fingerprint density at radius 3 is 2.36 bits per heavy atom. The van der Waals surface area contributed by atoms with Crippen molar-refractivity contribution in [3.05, 3.63) is 59.4 Å². The summed E-state index contributed by atoms with van der Waals surface area (Å²) >= 11 is 0. The van der Waals surface area contributed by atoms with E-state index in [1.54, 1.807) is 19.1 Å². The molecule has 5 aliphatic heterocycles. The molecule has 1 saturated carbocycles. The highest BCUT2D eigenvalue weighted by molar-refractivity contribution is 7.92. The zero-order valence-electron chi connectivity index (χ0n) is 34.6. The third kappa shape index (κ3) is 8.72. The minimum Gasteiger partial charge on any atom is -0.453 e. The Kier molecular flexibility index (Phi) is 12.6. The number of alkyl carbamates (subject to hydrolysis) is 1. The molecule has 6 aliphatic rings. The van der Waals surface area contributed by atoms with Crippen molar-refractivity contribution in [1.82, 2.24) is 24.9 Å². The number of alkyl halides is 1. The number of anilines is 1. The molecule has 2 aromatic carbocycles. The monoisotopic (exact) mass is 834 g/mol. The van der Waals surface area contributed by atoms with Crippen LogP contribution in [0.5, 0.6) is 0 Å². The second-order valence-electron chi connectivity index (χ2n) is 18.0. The van der Waals surface area contributed by atoms with E-state index in [9.17, 15) is 22.4 Å². The fourth-order valence-electron chi connectivity index (χ4n) is 11.2. The summed E-state index contributed by atoms with van der Waals surface area (Å²) in [5.74, 6) is 5.53. The molecule has 59 heavy (non-hydrogen) atoms. The Labute approximate surface area is 348 Å². The number of carbonyl (C=O) groups excluding carboxylic acids is 2. The molecule has 1 N–H and O–H groups in total. The van der Waals surface area contributed by atoms with Crippen molar-refractivity contribution in [3.8, 4) is 11.8 Å². The van der Waals surface area contributed by atoms with Crippen molar-refractivity contribution in [2.24, 2.45) is 17.8 Å². The van der Waals surface area contributed by atoms with Crippen molar-refractivity contribution in [2.45, 2.75) is 86.2 Å². The zero-order chi connectivity index (χ0) is 41.3. The highest BCUT2D eigenvalue weighted by Gasteiger charge is 2.53. The van der Waals surface area contributed by atoms with E-state index >= 15 is 4.39 Å². The number of hydrogen-bond acceptors (Lipinski definition) is 9. The number of nitrogens with zero attached hydrogens (tertiary/aromatic N) is 5. The molecule has 5 saturated heterocycles. The normalized spacial score (nSPS) is 26.0. The van der Waals surface area contributed by atoms with Gasteiger partial charge in [0.2, 0.25) is 0 Å². The Bertz CT molecular complexity index is 2020. The first kappa shape index (κ1) is 41.9. The molecule has 0 aromatic heterocycles. The molecular formula is C45H60F2N6O5S. The molecule has 0 spiro atoms. The van der Waals surface area contributed by atoms with Crippen LogP contribution in [-0.2, 0) is 31.3 Å². The fourth-order valence-corrected chi connectivity index (χ4v) is 13.1. The molecule has 6 fully saturated rings. The van der Waals surface area contributed by atoms with E-state index in [2.05, 4.69) is 37.9 Å². The second kappa shape index (κ2) is 17.7. The lowest BCUT2D eigenvalue weighted by Gasteiger charge is -2.54. The number of halogens is 2. The molecule has 2 amide bonds. The van der Waals surface area contributed by atoms with E-state index < -0.39 is 27.4 Å². The van der Waals surface area contributed by atoms with Crippen LogP contribution < -0.4 is 10.2 Å². The van der Waals surface area contributed by atoms with Crippen LogP contribution >= 0.6 is 0 Å². The van der Waals surface area contributed by atoms with Crippen molar-refractivity contribution >= 4 is 27.5 Å². The largest absolute Gasteiger partial charge is 0.453 e. The molecular weight excluding hydrogens is 775 g/mol. The molecule has 5 heterocycles. The second-order valence-corrected chi connectivity index (χ2v) is 20.2. The van der Waals surface area contributed by atoms with Gasteiger partial charge >= 0.3 is 6.09 Å². The molecule has 11 nitrogen and oxygen atoms in total. The van der Waals surface area contributed by atoms with Gasteiger partial charge in [-0.05, 0) is 131 Å². The van der Waals surface area contributed by atoms with Crippen molar-refractivity contribution < 1.29 is 31.5 Å². The van der Waals surface area contributed by atoms with E-state index in [1.807, 2.05) is 23.1 Å². The Hall–Kier alpha value is -3.77. The number of rotatable bonds is 13. The number of likely N-dealkylation sites (tertiary alicyclic amines) is 4. The number of piperidine rings is 1. The van der Waals surface area contributed by atoms with Gasteiger partial charge in [0.15, 0.2) is 9.84 Å². The molecule has 2 aromatic rings. The molecule has 0 unspecified atom stereocenters. The van der Waals surface area contributed by atoms with E-state index in [1.165, 1.54) is 24.5 Å². The number of nitrogens with one attached hydrogen (secondary N) is 1. The maximum absolute atomic E-state index is 15.1. The quantitative estimate of drug-likeness (QED) is 0.288. The van der Waals surface area contributed by atoms with E-state index in [-0.39, 0.29) is 40.5 Å². The van der Waals surface area contributed by atoms with Crippen LogP contribution in [0.4, 0.5) is 19.3 Å². The van der Waals surface area contributed by atoms with Crippen LogP contribution in [0.25, 0.3) is 0 Å². The van der Waals surface area contributed by atoms with Gasteiger partial charge in [-0.3, -0.25) is 9.69 Å². The number of amides is 2. The van der Waals surface area contributed by atoms with Gasteiger partial charge < -0.3 is 29.7 Å². The highest BCUT2D eigenvalue weighted by atomic mass is 32.2. The number of sulfone groups is 1. The summed E-state index contributed by atoms with van der Waals surface area (Å²) in [6.45, 7) is 10.6. The standard InChI is InChI=1S/C45H60F2N6O5S/c1-3-7-43(54)52-21-16-39(30-52)59(56,57)42-13-12-38(22-33(42)27-51-28-37(47)29-51)53-25-32(26-53)24-49-19-14-34(15-20-49)45(31-50-17-6-18-50,35-8-4-9-36(46)23-35)40-10-5-11-41(40)48-44(55)58-2/h4,8-9,12-13,22-23,32,34,37,39-41H,5-6,10-11,14-21,24-31H2,1-2H3,(H,48,55)/t39-,40+,41+,45+/m1/s1. The Morgan fingerprint density at radius 2 is 1.68 bits per heavy atom. The van der Waals surface area contributed by atoms with Crippen LogP contribution in [0, 0.1) is 35.4 Å². The number of carbonyl (C=O) groups is 2. The van der Waals surface area contributed by atoms with Gasteiger partial charge in [-0.1, -0.05) is 24.5 Å². The van der Waals surface area contributed by atoms with Gasteiger partial charge in [-0.2, -0.15) is 0 Å². The summed E-state index contributed by atoms with van der Waals surface area (Å²) in [7, 11) is -2.33. The molecule has 4 atom stereocenters. The van der Waals surface area contributed by atoms with Crippen LogP contribution in [0.1, 0.15) is 63.0 Å². The van der Waals surface area contributed by atoms with E-state index in [0.29, 0.717) is 50.0 Å². The van der Waals surface area contributed by atoms with Gasteiger partial charge in [0, 0.05) is 82.0 Å². The average Bonchev–Trinajstić information content (AvgIpc) is 3.87. The molecule has 320 valence electrons. The Balaban J connectivity index is 0.938. The number of ether oxygens (including phenoxy) is 1. The summed E-state index contributed by atoms with van der Waals surface area (Å²) in [4.78, 5) is 36.1. The first-order valence-corrected chi connectivity index (χ1v) is 23.3. The fraction of sp³-hybridized carbons (Fsp3) is 0.644. The van der Waals surface area contributed by atoms with Crippen molar-refractivity contribution in [1.29, 1.82) is 0 Å². The first-order valence-electron chi connectivity index (χ1n) is 21.7. The first-order chi connectivity index (χ1) is 28.5. The third-order valence-electron chi connectivity index (χ3n) is 14.4. The third-order valence-corrected chi connectivity index (χ3v) is 16.7. The van der Waals surface area contributed by atoms with Crippen molar-refractivity contribution in [2.75, 3.05) is 90.5 Å². The maximum Gasteiger partial charge on any atom is 0.407 e. The van der Waals surface area contributed by atoms with Gasteiger partial charge in [0.25, 0.3) is 5.91 Å². The van der Waals surface area contributed by atoms with E-state index in [0.717, 1.165) is 95.7 Å². The van der Waals surface area contributed by atoms with Crippen LogP contribution in [0.2, 0.25) is 0 Å². The van der Waals surface area contributed by atoms with Gasteiger partial charge in [0.1, 0.15) is 12.0 Å². The number of methoxy groups -OCH3 is 1. The summed E-state index contributed by atoms with van der Waals surface area (Å²) in [5, 5.41) is 2.48. The molecule has 8 rings (SSSR count). The lowest BCUT2D eigenvalue weighted by atomic mass is 9.57. The highest BCUT2D eigenvalue weighted by Crippen LogP contribution is 2.51. The molecule has 0 bridgehead atoms.